The third kappa shape index (κ3) is 3.20. The summed E-state index contributed by atoms with van der Waals surface area (Å²) in [5.74, 6) is 0.134. The van der Waals surface area contributed by atoms with Gasteiger partial charge in [0.15, 0.2) is 9.84 Å². The first-order valence-electron chi connectivity index (χ1n) is 5.78. The van der Waals surface area contributed by atoms with E-state index >= 15 is 0 Å². The van der Waals surface area contributed by atoms with Gasteiger partial charge in [0, 0.05) is 0 Å². The summed E-state index contributed by atoms with van der Waals surface area (Å²) in [5.41, 5.74) is 0.656. The Morgan fingerprint density at radius 2 is 2.00 bits per heavy atom. The lowest BCUT2D eigenvalue weighted by molar-refractivity contribution is 0.474. The summed E-state index contributed by atoms with van der Waals surface area (Å²) in [6, 6.07) is 6.46. The Bertz CT molecular complexity index is 478. The zero-order valence-corrected chi connectivity index (χ0v) is 10.4. The normalized spacial score (nSPS) is 18.1. The highest BCUT2D eigenvalue weighted by Gasteiger charge is 2.27. The summed E-state index contributed by atoms with van der Waals surface area (Å²) in [5, 5.41) is 12.2. The molecule has 2 N–H and O–H groups in total. The van der Waals surface area contributed by atoms with E-state index in [0.717, 1.165) is 13.1 Å². The van der Waals surface area contributed by atoms with Gasteiger partial charge in [-0.15, -0.1) is 0 Å². The Balaban J connectivity index is 2.11. The Hall–Kier alpha value is -1.07. The summed E-state index contributed by atoms with van der Waals surface area (Å²) in [6.45, 7) is 1.54. The fourth-order valence-corrected chi connectivity index (χ4v) is 3.98. The third-order valence-electron chi connectivity index (χ3n) is 3.07. The molecule has 1 saturated heterocycles. The highest BCUT2D eigenvalue weighted by atomic mass is 32.2. The topological polar surface area (TPSA) is 66.4 Å². The van der Waals surface area contributed by atoms with Gasteiger partial charge < -0.3 is 10.4 Å². The number of piperidine rings is 1. The summed E-state index contributed by atoms with van der Waals surface area (Å²) < 4.78 is 24.3. The third-order valence-corrected chi connectivity index (χ3v) is 5.30. The molecule has 17 heavy (non-hydrogen) atoms. The molecule has 1 aromatic rings. The molecule has 0 amide bonds. The maximum Gasteiger partial charge on any atom is 0.157 e. The lowest BCUT2D eigenvalue weighted by atomic mass is 10.2. The molecule has 5 heteroatoms. The van der Waals surface area contributed by atoms with Crippen LogP contribution in [0.5, 0.6) is 5.75 Å². The van der Waals surface area contributed by atoms with Crippen LogP contribution in [-0.2, 0) is 15.6 Å². The van der Waals surface area contributed by atoms with Gasteiger partial charge in [-0.3, -0.25) is 0 Å². The lowest BCUT2D eigenvalue weighted by Crippen LogP contribution is -2.36. The highest BCUT2D eigenvalue weighted by molar-refractivity contribution is 7.91. The molecule has 0 unspecified atom stereocenters. The van der Waals surface area contributed by atoms with Crippen LogP contribution < -0.4 is 5.32 Å². The van der Waals surface area contributed by atoms with Crippen molar-refractivity contribution in [3.8, 4) is 5.75 Å². The number of rotatable bonds is 3. The molecule has 0 bridgehead atoms. The second-order valence-electron chi connectivity index (χ2n) is 4.43. The number of aromatic hydroxyl groups is 1. The van der Waals surface area contributed by atoms with Gasteiger partial charge in [0.2, 0.25) is 0 Å². The first-order valence-corrected chi connectivity index (χ1v) is 7.50. The quantitative estimate of drug-likeness (QED) is 0.847. The SMILES string of the molecule is O=S(=O)(Cc1cccc(O)c1)C1CCNCC1. The number of sulfone groups is 1. The van der Waals surface area contributed by atoms with E-state index in [-0.39, 0.29) is 16.8 Å². The zero-order valence-electron chi connectivity index (χ0n) is 9.59. The second-order valence-corrected chi connectivity index (χ2v) is 6.71. The maximum absolute atomic E-state index is 12.2. The predicted octanol–water partition coefficient (Wildman–Crippen LogP) is 1.06. The Morgan fingerprint density at radius 3 is 2.65 bits per heavy atom. The van der Waals surface area contributed by atoms with Crippen LogP contribution in [0.4, 0.5) is 0 Å². The minimum atomic E-state index is -3.10. The van der Waals surface area contributed by atoms with Crippen molar-refractivity contribution in [2.45, 2.75) is 23.8 Å². The smallest absolute Gasteiger partial charge is 0.157 e. The first kappa shape index (κ1) is 12.4. The molecule has 0 spiro atoms. The molecule has 0 aromatic heterocycles. The van der Waals surface area contributed by atoms with Crippen molar-refractivity contribution in [1.29, 1.82) is 0 Å². The van der Waals surface area contributed by atoms with E-state index in [4.69, 9.17) is 0 Å². The van der Waals surface area contributed by atoms with Gasteiger partial charge >= 0.3 is 0 Å². The van der Waals surface area contributed by atoms with E-state index in [0.29, 0.717) is 18.4 Å². The Morgan fingerprint density at radius 1 is 1.29 bits per heavy atom. The molecule has 0 radical (unpaired) electrons. The Kier molecular flexibility index (Phi) is 3.69. The predicted molar refractivity (Wildman–Crippen MR) is 66.6 cm³/mol. The number of benzene rings is 1. The van der Waals surface area contributed by atoms with Crippen molar-refractivity contribution in [1.82, 2.24) is 5.32 Å². The van der Waals surface area contributed by atoms with Gasteiger partial charge in [-0.05, 0) is 43.6 Å². The summed E-state index contributed by atoms with van der Waals surface area (Å²) in [4.78, 5) is 0. The van der Waals surface area contributed by atoms with Crippen LogP contribution in [0.25, 0.3) is 0 Å². The Labute approximate surface area is 102 Å². The van der Waals surface area contributed by atoms with Crippen molar-refractivity contribution < 1.29 is 13.5 Å². The van der Waals surface area contributed by atoms with Crippen LogP contribution in [0.1, 0.15) is 18.4 Å². The lowest BCUT2D eigenvalue weighted by Gasteiger charge is -2.22. The second kappa shape index (κ2) is 5.06. The molecule has 0 aliphatic carbocycles. The molecular weight excluding hydrogens is 238 g/mol. The van der Waals surface area contributed by atoms with Gasteiger partial charge in [0.05, 0.1) is 11.0 Å². The highest BCUT2D eigenvalue weighted by Crippen LogP contribution is 2.20. The average molecular weight is 255 g/mol. The van der Waals surface area contributed by atoms with Crippen LogP contribution in [0.3, 0.4) is 0 Å². The molecule has 0 saturated carbocycles. The van der Waals surface area contributed by atoms with E-state index in [9.17, 15) is 13.5 Å². The van der Waals surface area contributed by atoms with Crippen LogP contribution in [0.15, 0.2) is 24.3 Å². The van der Waals surface area contributed by atoms with Crippen molar-refractivity contribution in [3.05, 3.63) is 29.8 Å². The first-order chi connectivity index (χ1) is 8.08. The number of hydrogen-bond acceptors (Lipinski definition) is 4. The molecule has 1 aliphatic heterocycles. The van der Waals surface area contributed by atoms with Crippen LogP contribution in [0, 0.1) is 0 Å². The largest absolute Gasteiger partial charge is 0.508 e. The summed E-state index contributed by atoms with van der Waals surface area (Å²) >= 11 is 0. The summed E-state index contributed by atoms with van der Waals surface area (Å²) in [7, 11) is -3.10. The fraction of sp³-hybridized carbons (Fsp3) is 0.500. The molecule has 0 atom stereocenters. The van der Waals surface area contributed by atoms with E-state index in [2.05, 4.69) is 5.32 Å². The number of nitrogens with one attached hydrogen (secondary N) is 1. The van der Waals surface area contributed by atoms with Crippen molar-refractivity contribution in [2.75, 3.05) is 13.1 Å². The minimum Gasteiger partial charge on any atom is -0.508 e. The van der Waals surface area contributed by atoms with Gasteiger partial charge in [-0.1, -0.05) is 12.1 Å². The molecule has 1 aliphatic rings. The number of phenolic OH excluding ortho intramolecular Hbond substituents is 1. The molecule has 1 fully saturated rings. The molecule has 94 valence electrons. The van der Waals surface area contributed by atoms with Gasteiger partial charge in [-0.2, -0.15) is 0 Å². The van der Waals surface area contributed by atoms with Crippen molar-refractivity contribution >= 4 is 9.84 Å². The van der Waals surface area contributed by atoms with Gasteiger partial charge in [0.25, 0.3) is 0 Å². The monoisotopic (exact) mass is 255 g/mol. The van der Waals surface area contributed by atoms with Crippen molar-refractivity contribution in [2.24, 2.45) is 0 Å². The number of hydrogen-bond donors (Lipinski definition) is 2. The van der Waals surface area contributed by atoms with E-state index in [1.54, 1.807) is 18.2 Å². The van der Waals surface area contributed by atoms with E-state index in [1.807, 2.05) is 0 Å². The fourth-order valence-electron chi connectivity index (χ4n) is 2.15. The van der Waals surface area contributed by atoms with Crippen LogP contribution >= 0.6 is 0 Å². The zero-order chi connectivity index (χ0) is 12.3. The number of phenols is 1. The summed E-state index contributed by atoms with van der Waals surface area (Å²) in [6.07, 6.45) is 1.36. The van der Waals surface area contributed by atoms with Crippen LogP contribution in [0.2, 0.25) is 0 Å². The molecule has 1 aromatic carbocycles. The van der Waals surface area contributed by atoms with E-state index in [1.165, 1.54) is 6.07 Å². The molecule has 2 rings (SSSR count). The molecule has 4 nitrogen and oxygen atoms in total. The van der Waals surface area contributed by atoms with E-state index < -0.39 is 9.84 Å². The maximum atomic E-state index is 12.2. The van der Waals surface area contributed by atoms with Crippen molar-refractivity contribution in [3.63, 3.8) is 0 Å². The average Bonchev–Trinajstić information content (AvgIpc) is 2.29. The van der Waals surface area contributed by atoms with Gasteiger partial charge in [0.1, 0.15) is 5.75 Å². The van der Waals surface area contributed by atoms with Gasteiger partial charge in [-0.25, -0.2) is 8.42 Å². The molecule has 1 heterocycles. The van der Waals surface area contributed by atoms with Crippen LogP contribution in [-0.4, -0.2) is 31.9 Å². The standard InChI is InChI=1S/C12H17NO3S/c14-11-3-1-2-10(8-11)9-17(15,16)12-4-6-13-7-5-12/h1-3,8,12-14H,4-7,9H2. The minimum absolute atomic E-state index is 0.0199. The molecular formula is C12H17NO3S.